The molecular formula is C26H26FN5OS. The molecule has 0 bridgehead atoms. The quantitative estimate of drug-likeness (QED) is 0.389. The van der Waals surface area contributed by atoms with E-state index in [0.29, 0.717) is 18.9 Å². The van der Waals surface area contributed by atoms with Crippen LogP contribution in [-0.4, -0.2) is 35.0 Å². The van der Waals surface area contributed by atoms with Crippen LogP contribution in [0.2, 0.25) is 0 Å². The Morgan fingerprint density at radius 2 is 1.79 bits per heavy atom. The number of nitrogens with zero attached hydrogens (tertiary/aromatic N) is 3. The number of fused-ring (bicyclic) bond motifs is 1. The third-order valence-corrected chi connectivity index (χ3v) is 7.02. The molecule has 4 aromatic rings. The summed E-state index contributed by atoms with van der Waals surface area (Å²) in [4.78, 5) is 19.4. The summed E-state index contributed by atoms with van der Waals surface area (Å²) in [5.41, 5.74) is 1.82. The van der Waals surface area contributed by atoms with Crippen LogP contribution in [0, 0.1) is 11.7 Å². The highest BCUT2D eigenvalue weighted by molar-refractivity contribution is 7.09. The van der Waals surface area contributed by atoms with Crippen LogP contribution < -0.4 is 15.5 Å². The Bertz CT molecular complexity index is 1260. The summed E-state index contributed by atoms with van der Waals surface area (Å²) in [5.74, 6) is 0.959. The van der Waals surface area contributed by atoms with Gasteiger partial charge < -0.3 is 15.5 Å². The molecule has 8 heteroatoms. The average Bonchev–Trinajstić information content (AvgIpc) is 3.33. The predicted octanol–water partition coefficient (Wildman–Crippen LogP) is 5.46. The first-order valence-electron chi connectivity index (χ1n) is 11.5. The molecule has 0 atom stereocenters. The first kappa shape index (κ1) is 22.3. The van der Waals surface area contributed by atoms with E-state index in [1.54, 1.807) is 12.1 Å². The fourth-order valence-corrected chi connectivity index (χ4v) is 5.03. The molecule has 1 aliphatic heterocycles. The fourth-order valence-electron chi connectivity index (χ4n) is 4.30. The molecule has 0 saturated carbocycles. The monoisotopic (exact) mass is 475 g/mol. The van der Waals surface area contributed by atoms with Crippen LogP contribution >= 0.6 is 11.5 Å². The van der Waals surface area contributed by atoms with Gasteiger partial charge in [-0.05, 0) is 47.9 Å². The second-order valence-electron chi connectivity index (χ2n) is 8.59. The lowest BCUT2D eigenvalue weighted by atomic mass is 9.97. The minimum absolute atomic E-state index is 0.173. The van der Waals surface area contributed by atoms with Crippen LogP contribution in [0.4, 0.5) is 20.0 Å². The van der Waals surface area contributed by atoms with Gasteiger partial charge in [-0.1, -0.05) is 48.5 Å². The molecule has 6 nitrogen and oxygen atoms in total. The van der Waals surface area contributed by atoms with E-state index in [1.807, 2.05) is 42.5 Å². The highest BCUT2D eigenvalue weighted by Crippen LogP contribution is 2.26. The zero-order chi connectivity index (χ0) is 23.3. The molecule has 174 valence electrons. The maximum atomic E-state index is 13.1. The highest BCUT2D eigenvalue weighted by atomic mass is 32.1. The van der Waals surface area contributed by atoms with Crippen molar-refractivity contribution < 1.29 is 9.18 Å². The summed E-state index contributed by atoms with van der Waals surface area (Å²) in [6, 6.07) is 20.2. The second kappa shape index (κ2) is 10.2. The normalized spacial score (nSPS) is 14.3. The second-order valence-corrected chi connectivity index (χ2v) is 9.32. The van der Waals surface area contributed by atoms with Crippen LogP contribution in [0.25, 0.3) is 10.8 Å². The summed E-state index contributed by atoms with van der Waals surface area (Å²) in [5, 5.41) is 9.08. The van der Waals surface area contributed by atoms with E-state index < -0.39 is 0 Å². The standard InChI is InChI=1S/C26H26FN5OS/c27-21-10-8-18(9-11-21)16-24-30-26(34-31-24)32-14-12-19(13-15-32)17-28-25(33)29-23-7-3-5-20-4-1-2-6-22(20)23/h1-11,19H,12-17H2,(H2,28,29,33). The number of hydrogen-bond acceptors (Lipinski definition) is 5. The third-order valence-electron chi connectivity index (χ3n) is 6.21. The Morgan fingerprint density at radius 1 is 1.03 bits per heavy atom. The summed E-state index contributed by atoms with van der Waals surface area (Å²) >= 11 is 1.41. The topological polar surface area (TPSA) is 70.2 Å². The molecule has 3 aromatic carbocycles. The van der Waals surface area contributed by atoms with Gasteiger partial charge in [0.15, 0.2) is 0 Å². The minimum atomic E-state index is -0.237. The number of carbonyl (C=O) groups excluding carboxylic acids is 1. The molecule has 2 heterocycles. The molecule has 5 rings (SSSR count). The molecule has 0 unspecified atom stereocenters. The fraction of sp³-hybridized carbons (Fsp3) is 0.269. The van der Waals surface area contributed by atoms with Gasteiger partial charge >= 0.3 is 6.03 Å². The molecular weight excluding hydrogens is 449 g/mol. The van der Waals surface area contributed by atoms with E-state index in [1.165, 1.54) is 23.7 Å². The Hall–Kier alpha value is -3.52. The smallest absolute Gasteiger partial charge is 0.319 e. The molecule has 2 N–H and O–H groups in total. The van der Waals surface area contributed by atoms with Crippen LogP contribution in [0.15, 0.2) is 66.7 Å². The van der Waals surface area contributed by atoms with E-state index in [2.05, 4.69) is 24.9 Å². The summed E-state index contributed by atoms with van der Waals surface area (Å²) in [6.07, 6.45) is 2.58. The Labute approximate surface area is 202 Å². The van der Waals surface area contributed by atoms with Gasteiger partial charge in [0.05, 0.1) is 5.69 Å². The molecule has 0 aliphatic carbocycles. The van der Waals surface area contributed by atoms with E-state index in [9.17, 15) is 9.18 Å². The van der Waals surface area contributed by atoms with Gasteiger partial charge in [0.25, 0.3) is 0 Å². The van der Waals surface area contributed by atoms with Gasteiger partial charge in [-0.3, -0.25) is 0 Å². The average molecular weight is 476 g/mol. The number of piperidine rings is 1. The Balaban J connectivity index is 1.09. The Morgan fingerprint density at radius 3 is 2.62 bits per heavy atom. The maximum Gasteiger partial charge on any atom is 0.319 e. The number of hydrogen-bond donors (Lipinski definition) is 2. The first-order chi connectivity index (χ1) is 16.6. The summed E-state index contributed by atoms with van der Waals surface area (Å²) in [7, 11) is 0. The number of rotatable bonds is 6. The maximum absolute atomic E-state index is 13.1. The van der Waals surface area contributed by atoms with Gasteiger partial charge in [0.2, 0.25) is 5.13 Å². The number of anilines is 2. The van der Waals surface area contributed by atoms with Crippen LogP contribution in [0.1, 0.15) is 24.2 Å². The molecule has 0 spiro atoms. The molecule has 34 heavy (non-hydrogen) atoms. The van der Waals surface area contributed by atoms with Crippen LogP contribution in [0.3, 0.4) is 0 Å². The van der Waals surface area contributed by atoms with Crippen molar-refractivity contribution in [2.24, 2.45) is 5.92 Å². The molecule has 0 radical (unpaired) electrons. The van der Waals surface area contributed by atoms with Crippen molar-refractivity contribution in [1.29, 1.82) is 0 Å². The Kier molecular flexibility index (Phi) is 6.67. The lowest BCUT2D eigenvalue weighted by Crippen LogP contribution is -2.39. The lowest BCUT2D eigenvalue weighted by Gasteiger charge is -2.31. The third kappa shape index (κ3) is 5.34. The number of aromatic nitrogens is 2. The number of benzene rings is 3. The number of amides is 2. The number of carbonyl (C=O) groups is 1. The van der Waals surface area contributed by atoms with Crippen molar-refractivity contribution in [2.45, 2.75) is 19.3 Å². The molecule has 1 aliphatic rings. The minimum Gasteiger partial charge on any atom is -0.347 e. The highest BCUT2D eigenvalue weighted by Gasteiger charge is 2.22. The zero-order valence-electron chi connectivity index (χ0n) is 18.7. The molecule has 1 aromatic heterocycles. The summed E-state index contributed by atoms with van der Waals surface area (Å²) < 4.78 is 17.6. The largest absolute Gasteiger partial charge is 0.347 e. The van der Waals surface area contributed by atoms with Gasteiger partial charge in [-0.25, -0.2) is 14.2 Å². The van der Waals surface area contributed by atoms with Crippen molar-refractivity contribution in [2.75, 3.05) is 29.9 Å². The van der Waals surface area contributed by atoms with Crippen molar-refractivity contribution >= 4 is 39.2 Å². The number of halogens is 1. The predicted molar refractivity (Wildman–Crippen MR) is 135 cm³/mol. The van der Waals surface area contributed by atoms with Gasteiger partial charge in [-0.2, -0.15) is 4.37 Å². The molecule has 2 amide bonds. The van der Waals surface area contributed by atoms with Crippen molar-refractivity contribution in [1.82, 2.24) is 14.7 Å². The summed E-state index contributed by atoms with van der Waals surface area (Å²) in [6.45, 7) is 2.43. The van der Waals surface area contributed by atoms with Crippen LogP contribution in [-0.2, 0) is 6.42 Å². The molecule has 1 fully saturated rings. The van der Waals surface area contributed by atoms with E-state index >= 15 is 0 Å². The van der Waals surface area contributed by atoms with Crippen molar-refractivity contribution in [3.8, 4) is 0 Å². The van der Waals surface area contributed by atoms with E-state index in [-0.39, 0.29) is 11.8 Å². The van der Waals surface area contributed by atoms with Gasteiger partial charge in [0, 0.05) is 43.0 Å². The first-order valence-corrected chi connectivity index (χ1v) is 12.3. The number of nitrogens with one attached hydrogen (secondary N) is 2. The van der Waals surface area contributed by atoms with Crippen LogP contribution in [0.5, 0.6) is 0 Å². The van der Waals surface area contributed by atoms with E-state index in [0.717, 1.165) is 58.9 Å². The van der Waals surface area contributed by atoms with Gasteiger partial charge in [0.1, 0.15) is 11.6 Å². The SMILES string of the molecule is O=C(NCC1CCN(c2nc(Cc3ccc(F)cc3)ns2)CC1)Nc1cccc2ccccc12. The van der Waals surface area contributed by atoms with Crippen molar-refractivity contribution in [3.63, 3.8) is 0 Å². The van der Waals surface area contributed by atoms with Gasteiger partial charge in [-0.15, -0.1) is 0 Å². The van der Waals surface area contributed by atoms with E-state index in [4.69, 9.17) is 0 Å². The zero-order valence-corrected chi connectivity index (χ0v) is 19.5. The molecule has 1 saturated heterocycles. The van der Waals surface area contributed by atoms with Crippen molar-refractivity contribution in [3.05, 3.63) is 83.9 Å². The number of urea groups is 1. The lowest BCUT2D eigenvalue weighted by molar-refractivity contribution is 0.248.